The Morgan fingerprint density at radius 3 is 2.86 bits per heavy atom. The van der Waals surface area contributed by atoms with E-state index >= 15 is 0 Å². The van der Waals surface area contributed by atoms with Gasteiger partial charge in [0, 0.05) is 11.4 Å². The second-order valence-electron chi connectivity index (χ2n) is 5.88. The standard InChI is InChI=1S/C18H18Cl2N4OS3/c1-11(12-4-5-14(19)15(20)9-12)22-16(25)10-27-18-24-23-17(28-18)21-7-6-13-3-2-8-26-13/h2-5,8-9,11H,6-7,10H2,1H3,(H,21,23)(H,22,25). The van der Waals surface area contributed by atoms with Gasteiger partial charge in [-0.15, -0.1) is 21.5 Å². The molecular weight excluding hydrogens is 455 g/mol. The molecule has 1 amide bonds. The summed E-state index contributed by atoms with van der Waals surface area (Å²) < 4.78 is 0.760. The van der Waals surface area contributed by atoms with Gasteiger partial charge in [0.1, 0.15) is 0 Å². The molecule has 3 rings (SSSR count). The number of benzene rings is 1. The average molecular weight is 473 g/mol. The van der Waals surface area contributed by atoms with Crippen LogP contribution in [-0.4, -0.2) is 28.4 Å². The van der Waals surface area contributed by atoms with E-state index in [-0.39, 0.29) is 17.7 Å². The summed E-state index contributed by atoms with van der Waals surface area (Å²) >= 11 is 16.5. The second-order valence-corrected chi connectivity index (χ2v) is 9.93. The molecule has 0 bridgehead atoms. The number of thioether (sulfide) groups is 1. The molecule has 2 N–H and O–H groups in total. The zero-order valence-electron chi connectivity index (χ0n) is 14.9. The zero-order chi connectivity index (χ0) is 19.9. The van der Waals surface area contributed by atoms with Crippen LogP contribution in [0.3, 0.4) is 0 Å². The van der Waals surface area contributed by atoms with Gasteiger partial charge in [0.2, 0.25) is 11.0 Å². The summed E-state index contributed by atoms with van der Waals surface area (Å²) in [5, 5.41) is 18.3. The van der Waals surface area contributed by atoms with E-state index in [0.717, 1.165) is 28.0 Å². The third kappa shape index (κ3) is 6.35. The molecule has 1 unspecified atom stereocenters. The van der Waals surface area contributed by atoms with Gasteiger partial charge in [-0.2, -0.15) is 0 Å². The van der Waals surface area contributed by atoms with E-state index in [9.17, 15) is 4.79 Å². The Bertz CT molecular complexity index is 917. The fourth-order valence-electron chi connectivity index (χ4n) is 2.36. The highest BCUT2D eigenvalue weighted by atomic mass is 35.5. The van der Waals surface area contributed by atoms with Crippen LogP contribution in [-0.2, 0) is 11.2 Å². The van der Waals surface area contributed by atoms with Crippen molar-refractivity contribution < 1.29 is 4.79 Å². The van der Waals surface area contributed by atoms with Gasteiger partial charge >= 0.3 is 0 Å². The third-order valence-corrected chi connectivity index (χ3v) is 7.47. The highest BCUT2D eigenvalue weighted by Gasteiger charge is 2.13. The minimum atomic E-state index is -0.160. The summed E-state index contributed by atoms with van der Waals surface area (Å²) in [6.07, 6.45) is 0.953. The topological polar surface area (TPSA) is 66.9 Å². The lowest BCUT2D eigenvalue weighted by molar-refractivity contribution is -0.119. The predicted molar refractivity (Wildman–Crippen MR) is 120 cm³/mol. The van der Waals surface area contributed by atoms with E-state index in [1.165, 1.54) is 28.0 Å². The van der Waals surface area contributed by atoms with E-state index in [4.69, 9.17) is 23.2 Å². The van der Waals surface area contributed by atoms with Crippen LogP contribution >= 0.6 is 57.6 Å². The van der Waals surface area contributed by atoms with Crippen molar-refractivity contribution >= 4 is 68.7 Å². The number of nitrogens with zero attached hydrogens (tertiary/aromatic N) is 2. The van der Waals surface area contributed by atoms with Gasteiger partial charge in [0.15, 0.2) is 4.34 Å². The smallest absolute Gasteiger partial charge is 0.230 e. The van der Waals surface area contributed by atoms with E-state index in [1.807, 2.05) is 19.1 Å². The molecule has 28 heavy (non-hydrogen) atoms. The number of rotatable bonds is 9. The Labute approximate surface area is 185 Å². The Balaban J connectivity index is 1.41. The summed E-state index contributed by atoms with van der Waals surface area (Å²) in [4.78, 5) is 13.5. The summed E-state index contributed by atoms with van der Waals surface area (Å²) in [6.45, 7) is 2.71. The van der Waals surface area contributed by atoms with Crippen molar-refractivity contribution in [3.05, 3.63) is 56.2 Å². The number of carbonyl (C=O) groups is 1. The van der Waals surface area contributed by atoms with Crippen LogP contribution in [0.1, 0.15) is 23.4 Å². The molecule has 0 fully saturated rings. The Kier molecular flexibility index (Phi) is 7.99. The molecule has 0 saturated carbocycles. The lowest BCUT2D eigenvalue weighted by Gasteiger charge is -2.14. The highest BCUT2D eigenvalue weighted by Crippen LogP contribution is 2.27. The van der Waals surface area contributed by atoms with Gasteiger partial charge in [-0.05, 0) is 42.5 Å². The number of carbonyl (C=O) groups excluding carboxylic acids is 1. The lowest BCUT2D eigenvalue weighted by Crippen LogP contribution is -2.28. The number of amides is 1. The summed E-state index contributed by atoms with van der Waals surface area (Å²) in [7, 11) is 0. The number of anilines is 1. The molecule has 1 aromatic carbocycles. The Morgan fingerprint density at radius 1 is 1.25 bits per heavy atom. The molecule has 0 saturated heterocycles. The van der Waals surface area contributed by atoms with E-state index in [1.54, 1.807) is 23.5 Å². The van der Waals surface area contributed by atoms with Gasteiger partial charge in [-0.3, -0.25) is 4.79 Å². The SMILES string of the molecule is CC(NC(=O)CSc1nnc(NCCc2cccs2)s1)c1ccc(Cl)c(Cl)c1. The maximum Gasteiger partial charge on any atom is 0.230 e. The van der Waals surface area contributed by atoms with Crippen molar-refractivity contribution in [2.24, 2.45) is 0 Å². The fourth-order valence-corrected chi connectivity index (χ4v) is 4.97. The molecule has 2 heterocycles. The lowest BCUT2D eigenvalue weighted by atomic mass is 10.1. The Morgan fingerprint density at radius 2 is 2.11 bits per heavy atom. The minimum Gasteiger partial charge on any atom is -0.360 e. The quantitative estimate of drug-likeness (QED) is 0.400. The van der Waals surface area contributed by atoms with Gasteiger partial charge in [0.25, 0.3) is 0 Å². The van der Waals surface area contributed by atoms with Crippen LogP contribution < -0.4 is 10.6 Å². The number of hydrogen-bond donors (Lipinski definition) is 2. The summed E-state index contributed by atoms with van der Waals surface area (Å²) in [5.41, 5.74) is 0.904. The zero-order valence-corrected chi connectivity index (χ0v) is 18.9. The maximum absolute atomic E-state index is 12.2. The molecule has 0 spiro atoms. The van der Waals surface area contributed by atoms with Gasteiger partial charge in [-0.1, -0.05) is 58.4 Å². The number of thiophene rings is 1. The molecule has 1 atom stereocenters. The average Bonchev–Trinajstić information content (AvgIpc) is 3.34. The molecule has 0 radical (unpaired) electrons. The van der Waals surface area contributed by atoms with Gasteiger partial charge < -0.3 is 10.6 Å². The highest BCUT2D eigenvalue weighted by molar-refractivity contribution is 8.01. The number of aromatic nitrogens is 2. The second kappa shape index (κ2) is 10.5. The number of hydrogen-bond acceptors (Lipinski definition) is 7. The van der Waals surface area contributed by atoms with Crippen LogP contribution in [0.25, 0.3) is 0 Å². The number of nitrogens with one attached hydrogen (secondary N) is 2. The minimum absolute atomic E-state index is 0.0778. The van der Waals surface area contributed by atoms with E-state index in [2.05, 4.69) is 32.3 Å². The van der Waals surface area contributed by atoms with Crippen molar-refractivity contribution in [2.45, 2.75) is 23.7 Å². The van der Waals surface area contributed by atoms with Crippen LogP contribution in [0, 0.1) is 0 Å². The molecule has 3 aromatic rings. The maximum atomic E-state index is 12.2. The molecule has 0 aliphatic carbocycles. The molecule has 0 aliphatic rings. The first kappa shape index (κ1) is 21.4. The Hall–Kier alpha value is -1.32. The van der Waals surface area contributed by atoms with E-state index < -0.39 is 0 Å². The van der Waals surface area contributed by atoms with Gasteiger partial charge in [0.05, 0.1) is 21.8 Å². The van der Waals surface area contributed by atoms with Crippen molar-refractivity contribution in [3.8, 4) is 0 Å². The van der Waals surface area contributed by atoms with Crippen LogP contribution in [0.5, 0.6) is 0 Å². The summed E-state index contributed by atoms with van der Waals surface area (Å²) in [6, 6.07) is 9.35. The first-order chi connectivity index (χ1) is 13.5. The largest absolute Gasteiger partial charge is 0.360 e. The van der Waals surface area contributed by atoms with Crippen LogP contribution in [0.15, 0.2) is 40.1 Å². The van der Waals surface area contributed by atoms with Crippen LogP contribution in [0.2, 0.25) is 10.0 Å². The van der Waals surface area contributed by atoms with Crippen molar-refractivity contribution in [1.82, 2.24) is 15.5 Å². The van der Waals surface area contributed by atoms with Gasteiger partial charge in [-0.25, -0.2) is 0 Å². The molecule has 148 valence electrons. The molecular formula is C18H18Cl2N4OS3. The molecule has 10 heteroatoms. The van der Waals surface area contributed by atoms with Crippen LogP contribution in [0.4, 0.5) is 5.13 Å². The van der Waals surface area contributed by atoms with E-state index in [0.29, 0.717) is 10.0 Å². The fraction of sp³-hybridized carbons (Fsp3) is 0.278. The normalized spacial score (nSPS) is 12.0. The molecule has 0 aliphatic heterocycles. The van der Waals surface area contributed by atoms with Crippen molar-refractivity contribution in [3.63, 3.8) is 0 Å². The first-order valence-corrected chi connectivity index (χ1v) is 11.9. The first-order valence-electron chi connectivity index (χ1n) is 8.48. The molecule has 5 nitrogen and oxygen atoms in total. The van der Waals surface area contributed by atoms with Crippen molar-refractivity contribution in [2.75, 3.05) is 17.6 Å². The monoisotopic (exact) mass is 472 g/mol. The third-order valence-electron chi connectivity index (χ3n) is 3.78. The molecule has 2 aromatic heterocycles. The summed E-state index contributed by atoms with van der Waals surface area (Å²) in [5.74, 6) is 0.196. The predicted octanol–water partition coefficient (Wildman–Crippen LogP) is 5.53. The van der Waals surface area contributed by atoms with Crippen molar-refractivity contribution in [1.29, 1.82) is 0 Å². The number of halogens is 2.